The van der Waals surface area contributed by atoms with Crippen LogP contribution in [-0.4, -0.2) is 15.9 Å². The second-order valence-electron chi connectivity index (χ2n) is 5.40. The van der Waals surface area contributed by atoms with Crippen molar-refractivity contribution in [2.24, 2.45) is 0 Å². The van der Waals surface area contributed by atoms with E-state index in [0.717, 1.165) is 12.1 Å². The fraction of sp³-hybridized carbons (Fsp3) is 0.0556. The highest BCUT2D eigenvalue weighted by Crippen LogP contribution is 2.30. The molecule has 0 aliphatic carbocycles. The third kappa shape index (κ3) is 4.73. The summed E-state index contributed by atoms with van der Waals surface area (Å²) in [5.74, 6) is -0.428. The lowest BCUT2D eigenvalue weighted by atomic mass is 10.2. The van der Waals surface area contributed by atoms with Crippen LogP contribution in [0.5, 0.6) is 0 Å². The zero-order valence-electron chi connectivity index (χ0n) is 13.6. The highest BCUT2D eigenvalue weighted by molar-refractivity contribution is 6.33. The smallest absolute Gasteiger partial charge is 0.323 e. The van der Waals surface area contributed by atoms with E-state index in [1.54, 1.807) is 24.3 Å². The van der Waals surface area contributed by atoms with Gasteiger partial charge in [-0.25, -0.2) is 9.97 Å². The molecular formula is C18H12ClF3N4O. The number of benzene rings is 2. The Labute approximate surface area is 157 Å². The van der Waals surface area contributed by atoms with Crippen LogP contribution in [0.15, 0.2) is 60.8 Å². The number of alkyl halides is 3. The van der Waals surface area contributed by atoms with Crippen molar-refractivity contribution in [3.63, 3.8) is 0 Å². The number of nitrogens with one attached hydrogen (secondary N) is 2. The number of aromatic nitrogens is 2. The van der Waals surface area contributed by atoms with Crippen molar-refractivity contribution in [2.45, 2.75) is 6.18 Å². The van der Waals surface area contributed by atoms with Gasteiger partial charge in [0.05, 0.1) is 16.3 Å². The Morgan fingerprint density at radius 1 is 1.00 bits per heavy atom. The molecule has 9 heteroatoms. The van der Waals surface area contributed by atoms with Crippen LogP contribution in [0.3, 0.4) is 0 Å². The monoisotopic (exact) mass is 392 g/mol. The summed E-state index contributed by atoms with van der Waals surface area (Å²) >= 11 is 6.05. The van der Waals surface area contributed by atoms with Gasteiger partial charge in [0.25, 0.3) is 5.91 Å². The fourth-order valence-corrected chi connectivity index (χ4v) is 2.35. The summed E-state index contributed by atoms with van der Waals surface area (Å²) in [5, 5.41) is 5.84. The van der Waals surface area contributed by atoms with Crippen LogP contribution in [-0.2, 0) is 6.18 Å². The Bertz CT molecular complexity index is 961. The molecular weight excluding hydrogens is 381 g/mol. The highest BCUT2D eigenvalue weighted by atomic mass is 35.5. The molecule has 2 aromatic carbocycles. The van der Waals surface area contributed by atoms with Gasteiger partial charge in [-0.15, -0.1) is 0 Å². The predicted molar refractivity (Wildman–Crippen MR) is 96.2 cm³/mol. The Morgan fingerprint density at radius 2 is 1.70 bits per heavy atom. The van der Waals surface area contributed by atoms with Gasteiger partial charge in [-0.2, -0.15) is 13.2 Å². The van der Waals surface area contributed by atoms with Crippen LogP contribution in [0.4, 0.5) is 30.5 Å². The molecule has 0 aliphatic heterocycles. The van der Waals surface area contributed by atoms with E-state index in [9.17, 15) is 18.0 Å². The van der Waals surface area contributed by atoms with Gasteiger partial charge in [-0.1, -0.05) is 23.7 Å². The summed E-state index contributed by atoms with van der Waals surface area (Å²) in [6.07, 6.45) is -3.05. The van der Waals surface area contributed by atoms with Crippen LogP contribution < -0.4 is 10.6 Å². The molecule has 0 spiro atoms. The maximum absolute atomic E-state index is 12.6. The van der Waals surface area contributed by atoms with Gasteiger partial charge in [0, 0.05) is 11.9 Å². The second kappa shape index (κ2) is 7.63. The number of nitrogens with zero attached hydrogens (tertiary/aromatic N) is 2. The van der Waals surface area contributed by atoms with Crippen LogP contribution in [0.25, 0.3) is 0 Å². The summed E-state index contributed by atoms with van der Waals surface area (Å²) < 4.78 is 37.7. The van der Waals surface area contributed by atoms with E-state index in [0.29, 0.717) is 10.7 Å². The van der Waals surface area contributed by atoms with Gasteiger partial charge < -0.3 is 10.6 Å². The maximum atomic E-state index is 12.6. The molecule has 1 aromatic heterocycles. The van der Waals surface area contributed by atoms with Gasteiger partial charge >= 0.3 is 6.18 Å². The Hall–Kier alpha value is -3.13. The van der Waals surface area contributed by atoms with Gasteiger partial charge in [0.1, 0.15) is 5.69 Å². The number of rotatable bonds is 4. The summed E-state index contributed by atoms with van der Waals surface area (Å²) in [5.41, 5.74) is 0.0277. The quantitative estimate of drug-likeness (QED) is 0.644. The number of halogens is 4. The molecule has 0 saturated heterocycles. The standard InChI is InChI=1S/C18H12ClF3N4O/c19-13-3-1-2-4-14(13)25-17-23-10-9-15(26-17)16(27)24-12-7-5-11(6-8-12)18(20,21)22/h1-10H,(H,24,27)(H,23,25,26). The number of hydrogen-bond acceptors (Lipinski definition) is 4. The molecule has 138 valence electrons. The van der Waals surface area contributed by atoms with E-state index in [1.807, 2.05) is 0 Å². The van der Waals surface area contributed by atoms with Crippen LogP contribution in [0.2, 0.25) is 5.02 Å². The summed E-state index contributed by atoms with van der Waals surface area (Å²) in [4.78, 5) is 20.4. The lowest BCUT2D eigenvalue weighted by Crippen LogP contribution is -2.15. The first kappa shape index (κ1) is 18.7. The highest BCUT2D eigenvalue weighted by Gasteiger charge is 2.30. The molecule has 3 rings (SSSR count). The van der Waals surface area contributed by atoms with E-state index < -0.39 is 17.6 Å². The normalized spacial score (nSPS) is 11.1. The molecule has 27 heavy (non-hydrogen) atoms. The van der Waals surface area contributed by atoms with E-state index in [2.05, 4.69) is 20.6 Å². The minimum absolute atomic E-state index is 0.0412. The molecule has 5 nitrogen and oxygen atoms in total. The van der Waals surface area contributed by atoms with E-state index in [4.69, 9.17) is 11.6 Å². The van der Waals surface area contributed by atoms with Crippen LogP contribution >= 0.6 is 11.6 Å². The fourth-order valence-electron chi connectivity index (χ4n) is 2.17. The molecule has 2 N–H and O–H groups in total. The number of carbonyl (C=O) groups is 1. The summed E-state index contributed by atoms with van der Waals surface area (Å²) in [6, 6.07) is 12.5. The molecule has 0 unspecified atom stereocenters. The van der Waals surface area contributed by atoms with E-state index in [1.165, 1.54) is 24.4 Å². The van der Waals surface area contributed by atoms with Crippen molar-refractivity contribution in [3.8, 4) is 0 Å². The molecule has 0 fully saturated rings. The number of carbonyl (C=O) groups excluding carboxylic acids is 1. The number of para-hydroxylation sites is 1. The third-order valence-corrected chi connectivity index (χ3v) is 3.81. The average Bonchev–Trinajstić information content (AvgIpc) is 2.63. The molecule has 0 bridgehead atoms. The Kier molecular flexibility index (Phi) is 5.27. The largest absolute Gasteiger partial charge is 0.416 e. The SMILES string of the molecule is O=C(Nc1ccc(C(F)(F)F)cc1)c1ccnc(Nc2ccccc2Cl)n1. The molecule has 0 aliphatic rings. The predicted octanol–water partition coefficient (Wildman–Crippen LogP) is 5.14. The van der Waals surface area contributed by atoms with Gasteiger partial charge in [0.15, 0.2) is 0 Å². The van der Waals surface area contributed by atoms with Crippen molar-refractivity contribution < 1.29 is 18.0 Å². The molecule has 0 saturated carbocycles. The first-order valence-corrected chi connectivity index (χ1v) is 8.04. The molecule has 1 amide bonds. The van der Waals surface area contributed by atoms with Crippen molar-refractivity contribution in [2.75, 3.05) is 10.6 Å². The summed E-state index contributed by atoms with van der Waals surface area (Å²) in [7, 11) is 0. The van der Waals surface area contributed by atoms with Crippen molar-refractivity contribution in [3.05, 3.63) is 77.1 Å². The number of hydrogen-bond donors (Lipinski definition) is 2. The first-order chi connectivity index (χ1) is 12.8. The van der Waals surface area contributed by atoms with Crippen molar-refractivity contribution in [1.82, 2.24) is 9.97 Å². The van der Waals surface area contributed by atoms with Gasteiger partial charge in [0.2, 0.25) is 5.95 Å². The minimum atomic E-state index is -4.44. The average molecular weight is 393 g/mol. The summed E-state index contributed by atoms with van der Waals surface area (Å²) in [6.45, 7) is 0. The topological polar surface area (TPSA) is 66.9 Å². The number of anilines is 3. The van der Waals surface area contributed by atoms with Gasteiger partial charge in [-0.05, 0) is 42.5 Å². The van der Waals surface area contributed by atoms with E-state index >= 15 is 0 Å². The third-order valence-electron chi connectivity index (χ3n) is 3.48. The first-order valence-electron chi connectivity index (χ1n) is 7.66. The lowest BCUT2D eigenvalue weighted by Gasteiger charge is -2.10. The number of amides is 1. The molecule has 1 heterocycles. The van der Waals surface area contributed by atoms with E-state index in [-0.39, 0.29) is 17.3 Å². The molecule has 0 radical (unpaired) electrons. The lowest BCUT2D eigenvalue weighted by molar-refractivity contribution is -0.137. The maximum Gasteiger partial charge on any atom is 0.416 e. The zero-order chi connectivity index (χ0) is 19.4. The van der Waals surface area contributed by atoms with Crippen LogP contribution in [0.1, 0.15) is 16.1 Å². The molecule has 0 atom stereocenters. The minimum Gasteiger partial charge on any atom is -0.323 e. The zero-order valence-corrected chi connectivity index (χ0v) is 14.3. The Morgan fingerprint density at radius 3 is 2.37 bits per heavy atom. The van der Waals surface area contributed by atoms with Crippen molar-refractivity contribution in [1.29, 1.82) is 0 Å². The van der Waals surface area contributed by atoms with Gasteiger partial charge in [-0.3, -0.25) is 4.79 Å². The molecule has 3 aromatic rings. The van der Waals surface area contributed by atoms with Crippen molar-refractivity contribution >= 4 is 34.8 Å². The second-order valence-corrected chi connectivity index (χ2v) is 5.81. The Balaban J connectivity index is 1.73. The van der Waals surface area contributed by atoms with Crippen LogP contribution in [0, 0.1) is 0 Å².